The number of thiophene rings is 1. The van der Waals surface area contributed by atoms with Crippen molar-refractivity contribution in [2.24, 2.45) is 0 Å². The Morgan fingerprint density at radius 1 is 1.06 bits per heavy atom. The third-order valence-electron chi connectivity index (χ3n) is 5.41. The van der Waals surface area contributed by atoms with E-state index in [4.69, 9.17) is 0 Å². The number of anilines is 1. The van der Waals surface area contributed by atoms with Gasteiger partial charge in [-0.3, -0.25) is 4.79 Å². The average molecular weight is 454 g/mol. The SMILES string of the molecule is Cc1csc(CC(=O)N2CCN(c3ncnc4scc(-c5ccc(F)cc5)c34)CC2)n1. The smallest absolute Gasteiger partial charge is 0.229 e. The Balaban J connectivity index is 1.35. The molecule has 0 atom stereocenters. The van der Waals surface area contributed by atoms with Crippen molar-refractivity contribution in [2.45, 2.75) is 13.3 Å². The lowest BCUT2D eigenvalue weighted by Gasteiger charge is -2.35. The second kappa shape index (κ2) is 8.32. The summed E-state index contributed by atoms with van der Waals surface area (Å²) in [6, 6.07) is 6.50. The van der Waals surface area contributed by atoms with Crippen molar-refractivity contribution < 1.29 is 9.18 Å². The fourth-order valence-corrected chi connectivity index (χ4v) is 5.51. The van der Waals surface area contributed by atoms with E-state index in [0.29, 0.717) is 32.6 Å². The monoisotopic (exact) mass is 453 g/mol. The van der Waals surface area contributed by atoms with Crippen LogP contribution >= 0.6 is 22.7 Å². The molecule has 158 valence electrons. The maximum Gasteiger partial charge on any atom is 0.229 e. The van der Waals surface area contributed by atoms with Gasteiger partial charge in [-0.2, -0.15) is 0 Å². The lowest BCUT2D eigenvalue weighted by Crippen LogP contribution is -2.49. The van der Waals surface area contributed by atoms with Crippen LogP contribution in [0.1, 0.15) is 10.7 Å². The van der Waals surface area contributed by atoms with Gasteiger partial charge in [0.25, 0.3) is 0 Å². The van der Waals surface area contributed by atoms with Crippen LogP contribution in [-0.2, 0) is 11.2 Å². The summed E-state index contributed by atoms with van der Waals surface area (Å²) in [4.78, 5) is 31.1. The highest BCUT2D eigenvalue weighted by atomic mass is 32.1. The van der Waals surface area contributed by atoms with Crippen LogP contribution in [0.2, 0.25) is 0 Å². The van der Waals surface area contributed by atoms with Crippen molar-refractivity contribution in [3.8, 4) is 11.1 Å². The highest BCUT2D eigenvalue weighted by Crippen LogP contribution is 2.38. The minimum absolute atomic E-state index is 0.115. The molecule has 1 fully saturated rings. The standard InChI is InChI=1S/C22H20FN5OS2/c1-14-11-30-18(26-14)10-19(29)27-6-8-28(9-7-27)21-20-17(12-31-22(20)25-13-24-21)15-2-4-16(23)5-3-15/h2-5,11-13H,6-10H2,1H3. The molecule has 9 heteroatoms. The molecule has 3 aromatic heterocycles. The minimum atomic E-state index is -0.256. The summed E-state index contributed by atoms with van der Waals surface area (Å²) in [7, 11) is 0. The Morgan fingerprint density at radius 2 is 1.84 bits per heavy atom. The van der Waals surface area contributed by atoms with Crippen LogP contribution in [0.15, 0.2) is 41.4 Å². The van der Waals surface area contributed by atoms with Crippen LogP contribution in [0.25, 0.3) is 21.3 Å². The fraction of sp³-hybridized carbons (Fsp3) is 0.273. The van der Waals surface area contributed by atoms with Crippen molar-refractivity contribution in [3.05, 3.63) is 57.9 Å². The van der Waals surface area contributed by atoms with Crippen molar-refractivity contribution in [1.29, 1.82) is 0 Å². The Labute approximate surface area is 187 Å². The molecule has 1 aliphatic heterocycles. The zero-order valence-corrected chi connectivity index (χ0v) is 18.5. The highest BCUT2D eigenvalue weighted by molar-refractivity contribution is 7.17. The van der Waals surface area contributed by atoms with E-state index in [1.807, 2.05) is 22.6 Å². The summed E-state index contributed by atoms with van der Waals surface area (Å²) in [6.45, 7) is 4.63. The van der Waals surface area contributed by atoms with Crippen molar-refractivity contribution in [1.82, 2.24) is 19.9 Å². The topological polar surface area (TPSA) is 62.2 Å². The van der Waals surface area contributed by atoms with Gasteiger partial charge in [0.1, 0.15) is 27.8 Å². The van der Waals surface area contributed by atoms with Crippen molar-refractivity contribution in [2.75, 3.05) is 31.1 Å². The van der Waals surface area contributed by atoms with Crippen LogP contribution in [0.4, 0.5) is 10.2 Å². The van der Waals surface area contributed by atoms with E-state index in [9.17, 15) is 9.18 Å². The van der Waals surface area contributed by atoms with Crippen LogP contribution in [0.3, 0.4) is 0 Å². The van der Waals surface area contributed by atoms with Crippen LogP contribution in [-0.4, -0.2) is 51.9 Å². The quantitative estimate of drug-likeness (QED) is 0.465. The van der Waals surface area contributed by atoms with E-state index in [-0.39, 0.29) is 11.7 Å². The van der Waals surface area contributed by atoms with Gasteiger partial charge >= 0.3 is 0 Å². The maximum atomic E-state index is 13.4. The van der Waals surface area contributed by atoms with E-state index in [0.717, 1.165) is 37.9 Å². The van der Waals surface area contributed by atoms with Gasteiger partial charge in [0, 0.05) is 48.2 Å². The van der Waals surface area contributed by atoms with Gasteiger partial charge < -0.3 is 9.80 Å². The average Bonchev–Trinajstić information content (AvgIpc) is 3.40. The van der Waals surface area contributed by atoms with Gasteiger partial charge in [-0.05, 0) is 24.6 Å². The lowest BCUT2D eigenvalue weighted by atomic mass is 10.1. The summed E-state index contributed by atoms with van der Waals surface area (Å²) in [5.74, 6) is 0.728. The number of aryl methyl sites for hydroxylation is 1. The molecule has 0 unspecified atom stereocenters. The third-order valence-corrected chi connectivity index (χ3v) is 7.26. The first kappa shape index (κ1) is 20.0. The van der Waals surface area contributed by atoms with Crippen LogP contribution in [0, 0.1) is 12.7 Å². The molecule has 0 saturated carbocycles. The van der Waals surface area contributed by atoms with Gasteiger partial charge in [-0.15, -0.1) is 22.7 Å². The number of benzene rings is 1. The molecule has 0 aliphatic carbocycles. The molecular formula is C22H20FN5OS2. The molecule has 6 nitrogen and oxygen atoms in total. The van der Waals surface area contributed by atoms with Gasteiger partial charge in [-0.1, -0.05) is 12.1 Å². The van der Waals surface area contributed by atoms with E-state index in [2.05, 4.69) is 19.9 Å². The number of carbonyl (C=O) groups excluding carboxylic acids is 1. The Morgan fingerprint density at radius 3 is 2.55 bits per heavy atom. The number of hydrogen-bond donors (Lipinski definition) is 0. The van der Waals surface area contributed by atoms with Crippen LogP contribution < -0.4 is 4.90 Å². The number of aromatic nitrogens is 3. The number of amides is 1. The first-order valence-corrected chi connectivity index (χ1v) is 11.8. The Bertz CT molecular complexity index is 1230. The van der Waals surface area contributed by atoms with E-state index < -0.39 is 0 Å². The Kier molecular flexibility index (Phi) is 5.37. The van der Waals surface area contributed by atoms with E-state index in [1.165, 1.54) is 23.5 Å². The van der Waals surface area contributed by atoms with Gasteiger partial charge in [0.05, 0.1) is 11.8 Å². The predicted molar refractivity (Wildman–Crippen MR) is 122 cm³/mol. The molecule has 5 rings (SSSR count). The molecule has 0 radical (unpaired) electrons. The number of piperazine rings is 1. The number of rotatable bonds is 4. The number of halogens is 1. The molecule has 0 spiro atoms. The molecule has 1 amide bonds. The summed E-state index contributed by atoms with van der Waals surface area (Å²) >= 11 is 3.09. The second-order valence-electron chi connectivity index (χ2n) is 7.46. The summed E-state index contributed by atoms with van der Waals surface area (Å²) in [5, 5.41) is 5.87. The van der Waals surface area contributed by atoms with Gasteiger partial charge in [0.15, 0.2) is 0 Å². The van der Waals surface area contributed by atoms with Crippen molar-refractivity contribution >= 4 is 44.6 Å². The second-order valence-corrected chi connectivity index (χ2v) is 9.26. The Hall–Kier alpha value is -2.91. The first-order valence-electron chi connectivity index (χ1n) is 10.0. The van der Waals surface area contributed by atoms with Gasteiger partial charge in [-0.25, -0.2) is 19.3 Å². The lowest BCUT2D eigenvalue weighted by molar-refractivity contribution is -0.130. The molecule has 0 N–H and O–H groups in total. The predicted octanol–water partition coefficient (Wildman–Crippen LogP) is 4.15. The number of carbonyl (C=O) groups is 1. The van der Waals surface area contributed by atoms with Crippen molar-refractivity contribution in [3.63, 3.8) is 0 Å². The number of fused-ring (bicyclic) bond motifs is 1. The third kappa shape index (κ3) is 4.03. The number of nitrogens with zero attached hydrogens (tertiary/aromatic N) is 5. The number of hydrogen-bond acceptors (Lipinski definition) is 7. The molecule has 1 aliphatic rings. The molecular weight excluding hydrogens is 433 g/mol. The first-order chi connectivity index (χ1) is 15.1. The summed E-state index contributed by atoms with van der Waals surface area (Å²) in [6.07, 6.45) is 1.94. The summed E-state index contributed by atoms with van der Waals surface area (Å²) in [5.41, 5.74) is 2.91. The minimum Gasteiger partial charge on any atom is -0.352 e. The molecule has 4 heterocycles. The summed E-state index contributed by atoms with van der Waals surface area (Å²) < 4.78 is 13.4. The largest absolute Gasteiger partial charge is 0.352 e. The van der Waals surface area contributed by atoms with Crippen LogP contribution in [0.5, 0.6) is 0 Å². The molecule has 1 aromatic carbocycles. The fourth-order valence-electron chi connectivity index (χ4n) is 3.83. The maximum absolute atomic E-state index is 13.4. The molecule has 31 heavy (non-hydrogen) atoms. The zero-order valence-electron chi connectivity index (χ0n) is 16.9. The number of thiazole rings is 1. The molecule has 4 aromatic rings. The van der Waals surface area contributed by atoms with E-state index >= 15 is 0 Å². The molecule has 1 saturated heterocycles. The van der Waals surface area contributed by atoms with Gasteiger partial charge in [0.2, 0.25) is 5.91 Å². The normalized spacial score (nSPS) is 14.4. The molecule has 0 bridgehead atoms. The zero-order chi connectivity index (χ0) is 21.4. The highest BCUT2D eigenvalue weighted by Gasteiger charge is 2.25. The van der Waals surface area contributed by atoms with E-state index in [1.54, 1.807) is 29.8 Å².